The molecule has 4 aromatic carbocycles. The van der Waals surface area contributed by atoms with E-state index < -0.39 is 34.9 Å². The van der Waals surface area contributed by atoms with Gasteiger partial charge in [-0.2, -0.15) is 26.3 Å². The Morgan fingerprint density at radius 3 is 1.98 bits per heavy atom. The maximum Gasteiger partial charge on any atom is 0.462 e. The molecule has 0 fully saturated rings. The number of rotatable bonds is 10. The van der Waals surface area contributed by atoms with E-state index in [4.69, 9.17) is 33.7 Å². The van der Waals surface area contributed by atoms with E-state index in [1.54, 1.807) is 74.5 Å². The Morgan fingerprint density at radius 2 is 1.38 bits per heavy atom. The summed E-state index contributed by atoms with van der Waals surface area (Å²) in [5.74, 6) is -0.200. The average molecular weight is 706 g/mol. The van der Waals surface area contributed by atoms with Crippen LogP contribution >= 0.6 is 47.1 Å². The number of carbonyl (C=O) groups excluding carboxylic acids is 1. The van der Waals surface area contributed by atoms with Crippen molar-refractivity contribution in [3.05, 3.63) is 100 Å². The summed E-state index contributed by atoms with van der Waals surface area (Å²) in [6.45, 7) is 3.30. The first-order chi connectivity index (χ1) is 21.0. The number of hydrogen-bond acceptors (Lipinski definition) is 6. The van der Waals surface area contributed by atoms with Gasteiger partial charge in [0.1, 0.15) is 12.4 Å². The molecule has 238 valence electrons. The molecular formula is C31H24Cl2F6N2O2S2. The van der Waals surface area contributed by atoms with Crippen LogP contribution in [0.2, 0.25) is 10.0 Å². The zero-order chi connectivity index (χ0) is 33.1. The monoisotopic (exact) mass is 704 g/mol. The van der Waals surface area contributed by atoms with Gasteiger partial charge in [-0.05, 0) is 64.4 Å². The van der Waals surface area contributed by atoms with Crippen LogP contribution in [0.25, 0.3) is 27.6 Å². The van der Waals surface area contributed by atoms with Crippen LogP contribution in [0.1, 0.15) is 19.4 Å². The molecule has 0 unspecified atom stereocenters. The van der Waals surface area contributed by atoms with Gasteiger partial charge in [0.05, 0.1) is 50.9 Å². The normalized spacial score (nSPS) is 12.8. The van der Waals surface area contributed by atoms with Gasteiger partial charge in [-0.1, -0.05) is 73.4 Å². The van der Waals surface area contributed by atoms with Gasteiger partial charge in [0.15, 0.2) is 5.78 Å². The molecule has 0 aromatic heterocycles. The number of ether oxygens (including phenoxy) is 1. The van der Waals surface area contributed by atoms with Crippen LogP contribution in [-0.2, 0) is 4.79 Å². The van der Waals surface area contributed by atoms with Gasteiger partial charge >= 0.3 is 11.0 Å². The topological polar surface area (TPSA) is 55.6 Å². The molecule has 0 heterocycles. The maximum absolute atomic E-state index is 13.1. The van der Waals surface area contributed by atoms with Crippen LogP contribution < -0.4 is 14.2 Å². The molecule has 0 atom stereocenters. The Balaban J connectivity index is 1.61. The third kappa shape index (κ3) is 9.18. The van der Waals surface area contributed by atoms with E-state index in [0.717, 1.165) is 10.8 Å². The third-order valence-electron chi connectivity index (χ3n) is 6.34. The van der Waals surface area contributed by atoms with Crippen LogP contribution in [0.5, 0.6) is 5.75 Å². The van der Waals surface area contributed by atoms with Crippen molar-refractivity contribution >= 4 is 75.0 Å². The lowest BCUT2D eigenvalue weighted by Gasteiger charge is -2.24. The Labute approximate surface area is 273 Å². The maximum atomic E-state index is 13.1. The Hall–Kier alpha value is -3.19. The summed E-state index contributed by atoms with van der Waals surface area (Å²) in [5, 5.41) is 2.03. The lowest BCUT2D eigenvalue weighted by Crippen LogP contribution is -2.21. The Kier molecular flexibility index (Phi) is 10.8. The van der Waals surface area contributed by atoms with E-state index in [9.17, 15) is 31.1 Å². The molecule has 0 bridgehead atoms. The van der Waals surface area contributed by atoms with Crippen molar-refractivity contribution < 1.29 is 35.9 Å². The highest BCUT2D eigenvalue weighted by Crippen LogP contribution is 2.47. The molecule has 0 saturated carbocycles. The summed E-state index contributed by atoms with van der Waals surface area (Å²) in [5.41, 5.74) is -2.11. The molecule has 0 aliphatic rings. The minimum Gasteiger partial charge on any atom is -0.489 e. The van der Waals surface area contributed by atoms with Crippen LogP contribution in [0.3, 0.4) is 0 Å². The second-order valence-corrected chi connectivity index (χ2v) is 13.0. The van der Waals surface area contributed by atoms with Gasteiger partial charge in [-0.3, -0.25) is 4.79 Å². The van der Waals surface area contributed by atoms with Crippen molar-refractivity contribution in [2.75, 3.05) is 10.3 Å². The number of alkyl halides is 6. The minimum atomic E-state index is -4.93. The molecule has 4 aromatic rings. The predicted molar refractivity (Wildman–Crippen MR) is 172 cm³/mol. The number of halogens is 8. The van der Waals surface area contributed by atoms with Crippen molar-refractivity contribution in [2.45, 2.75) is 24.9 Å². The SMILES string of the molecule is CC(C)C(=O)/C(COc1ccc2cc(-c3cccc(N(SC(F)(F)F)SC(F)(F)F)c3)ccc2c1)=C(\N)c1c(Cl)cccc1Cl. The summed E-state index contributed by atoms with van der Waals surface area (Å²) in [4.78, 5) is 13.1. The molecule has 0 amide bonds. The summed E-state index contributed by atoms with van der Waals surface area (Å²) in [6, 6.07) is 20.6. The number of anilines is 1. The zero-order valence-electron chi connectivity index (χ0n) is 23.5. The van der Waals surface area contributed by atoms with Gasteiger partial charge in [-0.15, -0.1) is 0 Å². The number of ketones is 1. The molecule has 45 heavy (non-hydrogen) atoms. The second-order valence-electron chi connectivity index (χ2n) is 9.90. The fourth-order valence-corrected chi connectivity index (χ4v) is 6.37. The lowest BCUT2D eigenvalue weighted by atomic mass is 9.97. The van der Waals surface area contributed by atoms with Crippen molar-refractivity contribution in [3.63, 3.8) is 0 Å². The molecule has 0 radical (unpaired) electrons. The first-order valence-corrected chi connectivity index (χ1v) is 15.4. The van der Waals surface area contributed by atoms with E-state index in [1.165, 1.54) is 18.2 Å². The first-order valence-electron chi connectivity index (χ1n) is 13.1. The highest BCUT2D eigenvalue weighted by Gasteiger charge is 2.40. The van der Waals surface area contributed by atoms with E-state index in [-0.39, 0.29) is 49.0 Å². The number of fused-ring (bicyclic) bond motifs is 1. The molecular weight excluding hydrogens is 681 g/mol. The fourth-order valence-electron chi connectivity index (χ4n) is 4.30. The summed E-state index contributed by atoms with van der Waals surface area (Å²) in [7, 11) is 0. The molecule has 2 N–H and O–H groups in total. The predicted octanol–water partition coefficient (Wildman–Crippen LogP) is 10.9. The molecule has 0 saturated heterocycles. The van der Waals surface area contributed by atoms with E-state index in [0.29, 0.717) is 22.4 Å². The summed E-state index contributed by atoms with van der Waals surface area (Å²) >= 11 is 10.9. The summed E-state index contributed by atoms with van der Waals surface area (Å²) < 4.78 is 84.1. The lowest BCUT2D eigenvalue weighted by molar-refractivity contribution is -0.118. The number of Topliss-reactive ketones (excluding diaryl/α,β-unsaturated/α-hetero) is 1. The van der Waals surface area contributed by atoms with Crippen molar-refractivity contribution in [1.82, 2.24) is 0 Å². The molecule has 0 aliphatic carbocycles. The fraction of sp³-hybridized carbons (Fsp3) is 0.194. The van der Waals surface area contributed by atoms with Gasteiger partial charge in [0.25, 0.3) is 0 Å². The number of nitrogens with zero attached hydrogens (tertiary/aromatic N) is 1. The highest BCUT2D eigenvalue weighted by atomic mass is 35.5. The molecule has 14 heteroatoms. The first kappa shape index (κ1) is 34.7. The summed E-state index contributed by atoms with van der Waals surface area (Å²) in [6.07, 6.45) is 0. The number of carbonyl (C=O) groups is 1. The van der Waals surface area contributed by atoms with Crippen molar-refractivity contribution in [2.24, 2.45) is 11.7 Å². The Morgan fingerprint density at radius 1 is 0.822 bits per heavy atom. The van der Waals surface area contributed by atoms with Crippen LogP contribution in [0, 0.1) is 5.92 Å². The van der Waals surface area contributed by atoms with Crippen LogP contribution in [0.15, 0.2) is 84.4 Å². The molecule has 0 spiro atoms. The number of nitrogens with two attached hydrogens (primary N) is 1. The van der Waals surface area contributed by atoms with Gasteiger partial charge in [0.2, 0.25) is 0 Å². The van der Waals surface area contributed by atoms with E-state index in [1.807, 2.05) is 0 Å². The van der Waals surface area contributed by atoms with Crippen LogP contribution in [0.4, 0.5) is 32.0 Å². The van der Waals surface area contributed by atoms with E-state index >= 15 is 0 Å². The minimum absolute atomic E-state index is 0.0906. The zero-order valence-corrected chi connectivity index (χ0v) is 26.6. The molecule has 4 nitrogen and oxygen atoms in total. The third-order valence-corrected chi connectivity index (χ3v) is 8.58. The van der Waals surface area contributed by atoms with Crippen molar-refractivity contribution in [3.8, 4) is 16.9 Å². The van der Waals surface area contributed by atoms with Gasteiger partial charge in [-0.25, -0.2) is 3.71 Å². The second kappa shape index (κ2) is 14.1. The number of hydrogen-bond donors (Lipinski definition) is 1. The standard InChI is InChI=1S/C31H24Cl2F6N2O2S2/c1-17(2)29(42)24(28(40)27-25(32)7-4-8-26(27)33)16-43-23-12-11-20-13-19(9-10-21(20)15-23)18-5-3-6-22(14-18)41(44-30(34,35)36)45-31(37,38)39/h3-15,17H,16,40H2,1-2H3/b28-24-. The van der Waals surface area contributed by atoms with Gasteiger partial charge < -0.3 is 10.5 Å². The smallest absolute Gasteiger partial charge is 0.462 e. The van der Waals surface area contributed by atoms with Crippen LogP contribution in [-0.4, -0.2) is 23.4 Å². The molecule has 4 rings (SSSR count). The average Bonchev–Trinajstić information content (AvgIpc) is 2.95. The van der Waals surface area contributed by atoms with E-state index in [2.05, 4.69) is 0 Å². The van der Waals surface area contributed by atoms with Crippen molar-refractivity contribution in [1.29, 1.82) is 0 Å². The van der Waals surface area contributed by atoms with Gasteiger partial charge in [0, 0.05) is 11.5 Å². The number of benzene rings is 4. The quantitative estimate of drug-likeness (QED) is 0.101. The Bertz CT molecular complexity index is 1710. The molecule has 0 aliphatic heterocycles. The largest absolute Gasteiger partial charge is 0.489 e. The highest BCUT2D eigenvalue weighted by molar-refractivity contribution is 8.18.